The molecule has 1 rings (SSSR count). The first-order valence-electron chi connectivity index (χ1n) is 4.11. The van der Waals surface area contributed by atoms with Crippen LogP contribution in [0.15, 0.2) is 18.2 Å². The van der Waals surface area contributed by atoms with Gasteiger partial charge in [-0.1, -0.05) is 0 Å². The molecule has 2 N–H and O–H groups in total. The molecule has 5 nitrogen and oxygen atoms in total. The van der Waals surface area contributed by atoms with Gasteiger partial charge in [-0.3, -0.25) is 4.72 Å². The number of aromatic carboxylic acids is 1. The van der Waals surface area contributed by atoms with E-state index in [1.54, 1.807) is 6.92 Å². The third-order valence-electron chi connectivity index (χ3n) is 1.77. The number of rotatable bonds is 3. The number of hydrogen-bond acceptors (Lipinski definition) is 3. The topological polar surface area (TPSA) is 83.5 Å². The molecule has 6 heteroatoms. The van der Waals surface area contributed by atoms with Gasteiger partial charge in [0.1, 0.15) is 0 Å². The molecular formula is C9H11NO4S. The molecule has 0 aliphatic heterocycles. The zero-order chi connectivity index (χ0) is 11.6. The summed E-state index contributed by atoms with van der Waals surface area (Å²) in [5.41, 5.74) is 1.09. The van der Waals surface area contributed by atoms with E-state index in [0.29, 0.717) is 11.3 Å². The second-order valence-electron chi connectivity index (χ2n) is 3.21. The molecule has 0 saturated heterocycles. The molecular weight excluding hydrogens is 218 g/mol. The van der Waals surface area contributed by atoms with Crippen molar-refractivity contribution in [3.8, 4) is 0 Å². The maximum absolute atomic E-state index is 10.9. The van der Waals surface area contributed by atoms with Gasteiger partial charge in [-0.2, -0.15) is 0 Å². The fourth-order valence-electron chi connectivity index (χ4n) is 1.11. The first kappa shape index (κ1) is 11.5. The van der Waals surface area contributed by atoms with E-state index >= 15 is 0 Å². The molecule has 15 heavy (non-hydrogen) atoms. The van der Waals surface area contributed by atoms with Crippen molar-refractivity contribution in [3.05, 3.63) is 29.3 Å². The lowest BCUT2D eigenvalue weighted by molar-refractivity contribution is 0.0697. The lowest BCUT2D eigenvalue weighted by Gasteiger charge is -2.07. The number of benzene rings is 1. The molecule has 0 spiro atoms. The normalized spacial score (nSPS) is 11.1. The van der Waals surface area contributed by atoms with Crippen molar-refractivity contribution in [2.45, 2.75) is 6.92 Å². The van der Waals surface area contributed by atoms with Crippen LogP contribution in [0.5, 0.6) is 0 Å². The third kappa shape index (κ3) is 3.25. The smallest absolute Gasteiger partial charge is 0.335 e. The fraction of sp³-hybridized carbons (Fsp3) is 0.222. The van der Waals surface area contributed by atoms with Gasteiger partial charge in [0.25, 0.3) is 0 Å². The van der Waals surface area contributed by atoms with Gasteiger partial charge >= 0.3 is 5.97 Å². The van der Waals surface area contributed by atoms with E-state index in [4.69, 9.17) is 5.11 Å². The van der Waals surface area contributed by atoms with Crippen LogP contribution < -0.4 is 4.72 Å². The Kier molecular flexibility index (Phi) is 2.99. The van der Waals surface area contributed by atoms with Crippen LogP contribution in [-0.4, -0.2) is 25.7 Å². The summed E-state index contributed by atoms with van der Waals surface area (Å²) in [6, 6.07) is 4.19. The number of sulfonamides is 1. The Balaban J connectivity index is 3.09. The summed E-state index contributed by atoms with van der Waals surface area (Å²) in [5, 5.41) is 8.69. The predicted octanol–water partition coefficient (Wildman–Crippen LogP) is 1.06. The molecule has 0 amide bonds. The molecule has 1 aromatic carbocycles. The largest absolute Gasteiger partial charge is 0.478 e. The van der Waals surface area contributed by atoms with Crippen molar-refractivity contribution in [1.82, 2.24) is 0 Å². The zero-order valence-corrected chi connectivity index (χ0v) is 9.13. The summed E-state index contributed by atoms with van der Waals surface area (Å²) in [6.45, 7) is 1.64. The fourth-order valence-corrected chi connectivity index (χ4v) is 1.74. The highest BCUT2D eigenvalue weighted by molar-refractivity contribution is 7.92. The van der Waals surface area contributed by atoms with Gasteiger partial charge in [0.2, 0.25) is 10.0 Å². The lowest BCUT2D eigenvalue weighted by atomic mass is 10.1. The summed E-state index contributed by atoms with van der Waals surface area (Å²) in [5.74, 6) is -1.04. The van der Waals surface area contributed by atoms with Gasteiger partial charge in [0.05, 0.1) is 17.5 Å². The summed E-state index contributed by atoms with van der Waals surface area (Å²) < 4.78 is 24.2. The Morgan fingerprint density at radius 1 is 1.40 bits per heavy atom. The van der Waals surface area contributed by atoms with Crippen molar-refractivity contribution in [2.75, 3.05) is 11.0 Å². The van der Waals surface area contributed by atoms with Crippen molar-refractivity contribution < 1.29 is 18.3 Å². The first-order valence-corrected chi connectivity index (χ1v) is 6.00. The minimum Gasteiger partial charge on any atom is -0.478 e. The molecule has 0 saturated carbocycles. The lowest BCUT2D eigenvalue weighted by Crippen LogP contribution is -2.11. The van der Waals surface area contributed by atoms with Gasteiger partial charge in [0, 0.05) is 0 Å². The summed E-state index contributed by atoms with van der Waals surface area (Å²) in [6.07, 6.45) is 1.04. The van der Waals surface area contributed by atoms with E-state index in [1.165, 1.54) is 18.2 Å². The van der Waals surface area contributed by atoms with Crippen LogP contribution in [0, 0.1) is 6.92 Å². The molecule has 0 bridgehead atoms. The second kappa shape index (κ2) is 3.90. The molecule has 0 atom stereocenters. The van der Waals surface area contributed by atoms with Gasteiger partial charge in [0.15, 0.2) is 0 Å². The average molecular weight is 229 g/mol. The van der Waals surface area contributed by atoms with Crippen molar-refractivity contribution in [1.29, 1.82) is 0 Å². The number of carboxylic acids is 1. The zero-order valence-electron chi connectivity index (χ0n) is 8.31. The van der Waals surface area contributed by atoms with Crippen LogP contribution in [0.1, 0.15) is 15.9 Å². The number of hydrogen-bond donors (Lipinski definition) is 2. The molecule has 0 radical (unpaired) electrons. The molecule has 0 unspecified atom stereocenters. The van der Waals surface area contributed by atoms with E-state index in [-0.39, 0.29) is 5.56 Å². The van der Waals surface area contributed by atoms with E-state index in [0.717, 1.165) is 6.26 Å². The molecule has 0 fully saturated rings. The minimum absolute atomic E-state index is 0.131. The third-order valence-corrected chi connectivity index (χ3v) is 2.36. The van der Waals surface area contributed by atoms with Crippen LogP contribution in [0.2, 0.25) is 0 Å². The average Bonchev–Trinajstić information content (AvgIpc) is 2.05. The monoisotopic (exact) mass is 229 g/mol. The summed E-state index contributed by atoms with van der Waals surface area (Å²) >= 11 is 0. The maximum Gasteiger partial charge on any atom is 0.335 e. The minimum atomic E-state index is -3.33. The van der Waals surface area contributed by atoms with Crippen molar-refractivity contribution >= 4 is 21.7 Å². The summed E-state index contributed by atoms with van der Waals surface area (Å²) in [4.78, 5) is 10.6. The predicted molar refractivity (Wildman–Crippen MR) is 56.6 cm³/mol. The Hall–Kier alpha value is -1.56. The number of aryl methyl sites for hydroxylation is 1. The van der Waals surface area contributed by atoms with E-state index < -0.39 is 16.0 Å². The Morgan fingerprint density at radius 2 is 2.00 bits per heavy atom. The molecule has 1 aromatic rings. The number of carboxylic acid groups (broad SMARTS) is 1. The highest BCUT2D eigenvalue weighted by atomic mass is 32.2. The Labute approximate surface area is 87.8 Å². The Morgan fingerprint density at radius 3 is 2.40 bits per heavy atom. The molecule has 0 aliphatic carbocycles. The summed E-state index contributed by atoms with van der Waals surface area (Å²) in [7, 11) is -3.33. The maximum atomic E-state index is 10.9. The second-order valence-corrected chi connectivity index (χ2v) is 4.96. The van der Waals surface area contributed by atoms with Crippen LogP contribution in [0.4, 0.5) is 5.69 Å². The van der Waals surface area contributed by atoms with Gasteiger partial charge in [-0.25, -0.2) is 13.2 Å². The molecule has 0 heterocycles. The first-order chi connectivity index (χ1) is 6.79. The van der Waals surface area contributed by atoms with E-state index in [1.807, 2.05) is 0 Å². The van der Waals surface area contributed by atoms with Crippen molar-refractivity contribution in [3.63, 3.8) is 0 Å². The van der Waals surface area contributed by atoms with Crippen LogP contribution >= 0.6 is 0 Å². The van der Waals surface area contributed by atoms with Crippen LogP contribution in [0.3, 0.4) is 0 Å². The SMILES string of the molecule is Cc1cc(C(=O)O)ccc1NS(C)(=O)=O. The van der Waals surface area contributed by atoms with Crippen LogP contribution in [0.25, 0.3) is 0 Å². The number of anilines is 1. The van der Waals surface area contributed by atoms with E-state index in [9.17, 15) is 13.2 Å². The highest BCUT2D eigenvalue weighted by Crippen LogP contribution is 2.17. The molecule has 0 aliphatic rings. The van der Waals surface area contributed by atoms with Crippen molar-refractivity contribution in [2.24, 2.45) is 0 Å². The van der Waals surface area contributed by atoms with Gasteiger partial charge in [-0.15, -0.1) is 0 Å². The van der Waals surface area contributed by atoms with E-state index in [2.05, 4.69) is 4.72 Å². The number of carbonyl (C=O) groups is 1. The Bertz CT molecular complexity index is 493. The number of nitrogens with one attached hydrogen (secondary N) is 1. The quantitative estimate of drug-likeness (QED) is 0.811. The van der Waals surface area contributed by atoms with Gasteiger partial charge in [-0.05, 0) is 30.7 Å². The standard InChI is InChI=1S/C9H11NO4S/c1-6-5-7(9(11)12)3-4-8(6)10-15(2,13)14/h3-5,10H,1-2H3,(H,11,12). The molecule has 0 aromatic heterocycles. The van der Waals surface area contributed by atoms with Gasteiger partial charge < -0.3 is 5.11 Å². The molecule has 82 valence electrons. The highest BCUT2D eigenvalue weighted by Gasteiger charge is 2.08. The van der Waals surface area contributed by atoms with Crippen LogP contribution in [-0.2, 0) is 10.0 Å².